The Morgan fingerprint density at radius 1 is 1.25 bits per heavy atom. The van der Waals surface area contributed by atoms with Gasteiger partial charge in [-0.05, 0) is 47.5 Å². The molecule has 4 heteroatoms. The Morgan fingerprint density at radius 2 is 1.69 bits per heavy atom. The van der Waals surface area contributed by atoms with Crippen LogP contribution in [0.15, 0.2) is 0 Å². The van der Waals surface area contributed by atoms with Crippen molar-refractivity contribution in [2.75, 3.05) is 0 Å². The summed E-state index contributed by atoms with van der Waals surface area (Å²) in [6.07, 6.45) is 1.48. The van der Waals surface area contributed by atoms with E-state index in [0.29, 0.717) is 0 Å². The van der Waals surface area contributed by atoms with Gasteiger partial charge in [-0.15, -0.1) is 0 Å². The molecule has 1 rings (SSSR count). The van der Waals surface area contributed by atoms with Crippen molar-refractivity contribution in [3.63, 3.8) is 0 Å². The van der Waals surface area contributed by atoms with Crippen LogP contribution in [0.5, 0.6) is 0 Å². The van der Waals surface area contributed by atoms with E-state index >= 15 is 0 Å². The molecule has 94 valence electrons. The first-order valence-electron chi connectivity index (χ1n) is 5.97. The molecule has 0 aromatic carbocycles. The van der Waals surface area contributed by atoms with Crippen molar-refractivity contribution in [3.8, 4) is 0 Å². The summed E-state index contributed by atoms with van der Waals surface area (Å²) in [7, 11) is 0. The van der Waals surface area contributed by atoms with Gasteiger partial charge in [0.05, 0.1) is 0 Å². The number of carbonyl (C=O) groups is 1. The highest BCUT2D eigenvalue weighted by atomic mass is 16.6. The summed E-state index contributed by atoms with van der Waals surface area (Å²) in [5.41, 5.74) is 5.49. The summed E-state index contributed by atoms with van der Waals surface area (Å²) in [5, 5.41) is 0. The molecule has 0 aliphatic carbocycles. The molecule has 1 aliphatic rings. The maximum Gasteiger partial charge on any atom is 0.410 e. The van der Waals surface area contributed by atoms with Gasteiger partial charge in [0.1, 0.15) is 5.60 Å². The lowest BCUT2D eigenvalue weighted by molar-refractivity contribution is -0.00210. The molecule has 0 saturated carbocycles. The molecule has 3 atom stereocenters. The zero-order valence-electron chi connectivity index (χ0n) is 11.0. The minimum absolute atomic E-state index is 0.161. The van der Waals surface area contributed by atoms with E-state index < -0.39 is 5.60 Å². The number of ether oxygens (including phenoxy) is 1. The van der Waals surface area contributed by atoms with Crippen LogP contribution < -0.4 is 5.73 Å². The molecule has 0 bridgehead atoms. The van der Waals surface area contributed by atoms with Gasteiger partial charge in [0, 0.05) is 18.1 Å². The molecule has 2 N–H and O–H groups in total. The second-order valence-corrected chi connectivity index (χ2v) is 5.82. The number of nitrogens with zero attached hydrogens (tertiary/aromatic N) is 1. The third-order valence-electron chi connectivity index (χ3n) is 2.84. The minimum atomic E-state index is -0.434. The maximum absolute atomic E-state index is 12.0. The zero-order valence-corrected chi connectivity index (χ0v) is 11.0. The smallest absolute Gasteiger partial charge is 0.410 e. The molecule has 1 unspecified atom stereocenters. The first kappa shape index (κ1) is 13.3. The van der Waals surface area contributed by atoms with Crippen molar-refractivity contribution >= 4 is 6.09 Å². The number of amides is 1. The highest BCUT2D eigenvalue weighted by Crippen LogP contribution is 2.24. The summed E-state index contributed by atoms with van der Waals surface area (Å²) >= 11 is 0. The van der Waals surface area contributed by atoms with E-state index in [-0.39, 0.29) is 24.2 Å². The predicted molar refractivity (Wildman–Crippen MR) is 64.2 cm³/mol. The van der Waals surface area contributed by atoms with E-state index in [1.807, 2.05) is 39.5 Å². The molecule has 4 nitrogen and oxygen atoms in total. The van der Waals surface area contributed by atoms with Crippen molar-refractivity contribution in [2.45, 2.75) is 71.2 Å². The van der Waals surface area contributed by atoms with Crippen LogP contribution in [0.2, 0.25) is 0 Å². The van der Waals surface area contributed by atoms with E-state index in [4.69, 9.17) is 10.5 Å². The highest BCUT2D eigenvalue weighted by Gasteiger charge is 2.35. The number of likely N-dealkylation sites (tertiary alicyclic amines) is 1. The third kappa shape index (κ3) is 3.37. The minimum Gasteiger partial charge on any atom is -0.444 e. The fourth-order valence-corrected chi connectivity index (χ4v) is 2.31. The van der Waals surface area contributed by atoms with Crippen LogP contribution in [0.3, 0.4) is 0 Å². The van der Waals surface area contributed by atoms with Gasteiger partial charge < -0.3 is 15.4 Å². The molecular formula is C12H24N2O2. The Hall–Kier alpha value is -0.770. The fourth-order valence-electron chi connectivity index (χ4n) is 2.31. The van der Waals surface area contributed by atoms with Gasteiger partial charge in [0.25, 0.3) is 0 Å². The molecule has 1 aliphatic heterocycles. The lowest BCUT2D eigenvalue weighted by Crippen LogP contribution is -2.54. The highest BCUT2D eigenvalue weighted by molar-refractivity contribution is 5.69. The second-order valence-electron chi connectivity index (χ2n) is 5.82. The largest absolute Gasteiger partial charge is 0.444 e. The molecule has 0 radical (unpaired) electrons. The second kappa shape index (κ2) is 4.62. The Kier molecular flexibility index (Phi) is 3.84. The normalized spacial score (nSPS) is 31.4. The summed E-state index contributed by atoms with van der Waals surface area (Å²) < 4.78 is 5.40. The Balaban J connectivity index is 2.67. The molecule has 1 fully saturated rings. The number of nitrogens with two attached hydrogens (primary N) is 1. The van der Waals surface area contributed by atoms with Crippen molar-refractivity contribution < 1.29 is 9.53 Å². The molecule has 1 saturated heterocycles. The molecular weight excluding hydrogens is 204 g/mol. The van der Waals surface area contributed by atoms with Crippen molar-refractivity contribution in [3.05, 3.63) is 0 Å². The average Bonchev–Trinajstić information content (AvgIpc) is 1.96. The maximum atomic E-state index is 12.0. The Morgan fingerprint density at radius 3 is 2.06 bits per heavy atom. The van der Waals surface area contributed by atoms with Crippen LogP contribution in [-0.4, -0.2) is 34.7 Å². The standard InChI is InChI=1S/C12H24N2O2/c1-8-6-10(13)7-9(2)14(8)11(15)16-12(3,4)5/h8-10H,6-7,13H2,1-5H3/t8-,9+,10?. The molecule has 1 amide bonds. The van der Waals surface area contributed by atoms with Gasteiger partial charge in [0.2, 0.25) is 0 Å². The van der Waals surface area contributed by atoms with Gasteiger partial charge in [-0.2, -0.15) is 0 Å². The fraction of sp³-hybridized carbons (Fsp3) is 0.917. The summed E-state index contributed by atoms with van der Waals surface area (Å²) in [4.78, 5) is 13.8. The molecule has 0 aromatic heterocycles. The van der Waals surface area contributed by atoms with Gasteiger partial charge in [-0.25, -0.2) is 4.79 Å². The van der Waals surface area contributed by atoms with Crippen molar-refractivity contribution in [2.24, 2.45) is 5.73 Å². The molecule has 0 aromatic rings. The van der Waals surface area contributed by atoms with Crippen molar-refractivity contribution in [1.82, 2.24) is 4.90 Å². The predicted octanol–water partition coefficient (Wildman–Crippen LogP) is 2.12. The quantitative estimate of drug-likeness (QED) is 0.691. The third-order valence-corrected chi connectivity index (χ3v) is 2.84. The summed E-state index contributed by atoms with van der Waals surface area (Å²) in [6.45, 7) is 9.71. The van der Waals surface area contributed by atoms with Gasteiger partial charge >= 0.3 is 6.09 Å². The van der Waals surface area contributed by atoms with E-state index in [9.17, 15) is 4.79 Å². The lowest BCUT2D eigenvalue weighted by Gasteiger charge is -2.41. The number of piperidine rings is 1. The summed E-state index contributed by atoms with van der Waals surface area (Å²) in [5.74, 6) is 0. The molecule has 0 spiro atoms. The molecule has 1 heterocycles. The van der Waals surface area contributed by atoms with Crippen LogP contribution in [-0.2, 0) is 4.74 Å². The van der Waals surface area contributed by atoms with Crippen LogP contribution >= 0.6 is 0 Å². The SMILES string of the molecule is C[C@@H]1CC(N)C[C@H](C)N1C(=O)OC(C)(C)C. The van der Waals surface area contributed by atoms with Crippen molar-refractivity contribution in [1.29, 1.82) is 0 Å². The van der Waals surface area contributed by atoms with Crippen LogP contribution in [0.4, 0.5) is 4.79 Å². The number of rotatable bonds is 0. The van der Waals surface area contributed by atoms with Gasteiger partial charge in [-0.1, -0.05) is 0 Å². The van der Waals surface area contributed by atoms with E-state index in [2.05, 4.69) is 0 Å². The average molecular weight is 228 g/mol. The summed E-state index contributed by atoms with van der Waals surface area (Å²) in [6, 6.07) is 0.519. The van der Waals surface area contributed by atoms with E-state index in [1.165, 1.54) is 0 Å². The Labute approximate surface area is 98.1 Å². The van der Waals surface area contributed by atoms with Gasteiger partial charge in [0.15, 0.2) is 0 Å². The van der Waals surface area contributed by atoms with Crippen LogP contribution in [0.25, 0.3) is 0 Å². The molecule has 16 heavy (non-hydrogen) atoms. The lowest BCUT2D eigenvalue weighted by atomic mass is 9.94. The first-order valence-corrected chi connectivity index (χ1v) is 5.97. The number of carbonyl (C=O) groups excluding carboxylic acids is 1. The topological polar surface area (TPSA) is 55.6 Å². The number of hydrogen-bond acceptors (Lipinski definition) is 3. The van der Waals surface area contributed by atoms with E-state index in [0.717, 1.165) is 12.8 Å². The monoisotopic (exact) mass is 228 g/mol. The van der Waals surface area contributed by atoms with E-state index in [1.54, 1.807) is 0 Å². The Bertz CT molecular complexity index is 248. The zero-order chi connectivity index (χ0) is 12.5. The van der Waals surface area contributed by atoms with Crippen LogP contribution in [0, 0.1) is 0 Å². The van der Waals surface area contributed by atoms with Gasteiger partial charge in [-0.3, -0.25) is 0 Å². The number of hydrogen-bond donors (Lipinski definition) is 1. The van der Waals surface area contributed by atoms with Crippen LogP contribution in [0.1, 0.15) is 47.5 Å². The first-order chi connectivity index (χ1) is 7.20.